The zero-order valence-corrected chi connectivity index (χ0v) is 15.3. The smallest absolute Gasteiger partial charge is 0.133 e. The fourth-order valence-corrected chi connectivity index (χ4v) is 3.44. The molecule has 0 aromatic heterocycles. The lowest BCUT2D eigenvalue weighted by Crippen LogP contribution is -1.98. The Hall–Kier alpha value is -0.580. The first-order valence-electron chi connectivity index (χ1n) is 6.54. The van der Waals surface area contributed by atoms with Gasteiger partial charge in [-0.2, -0.15) is 0 Å². The molecule has 0 aliphatic heterocycles. The Bertz CT molecular complexity index is 634. The zero-order chi connectivity index (χ0) is 15.4. The van der Waals surface area contributed by atoms with Crippen molar-refractivity contribution in [3.8, 4) is 5.75 Å². The summed E-state index contributed by atoms with van der Waals surface area (Å²) in [6, 6.07) is 10.2. The molecule has 2 aromatic carbocycles. The van der Waals surface area contributed by atoms with E-state index >= 15 is 0 Å². The lowest BCUT2D eigenvalue weighted by molar-refractivity contribution is 0.315. The van der Waals surface area contributed by atoms with Gasteiger partial charge in [0.2, 0.25) is 0 Å². The molecular weight excluding hydrogens is 422 g/mol. The van der Waals surface area contributed by atoms with Gasteiger partial charge in [-0.3, -0.25) is 0 Å². The normalized spacial score (nSPS) is 12.2. The molecular formula is C16H14Br2ClFO. The van der Waals surface area contributed by atoms with Crippen LogP contribution in [0.15, 0.2) is 45.3 Å². The number of halogens is 4. The lowest BCUT2D eigenvalue weighted by Gasteiger charge is -2.14. The Morgan fingerprint density at radius 3 is 2.52 bits per heavy atom. The maximum absolute atomic E-state index is 13.2. The first-order valence-corrected chi connectivity index (χ1v) is 8.56. The second-order valence-corrected chi connectivity index (χ2v) is 6.71. The molecule has 1 atom stereocenters. The molecule has 112 valence electrons. The van der Waals surface area contributed by atoms with Crippen molar-refractivity contribution in [3.05, 3.63) is 62.3 Å². The van der Waals surface area contributed by atoms with E-state index in [-0.39, 0.29) is 11.2 Å². The van der Waals surface area contributed by atoms with E-state index in [0.29, 0.717) is 11.1 Å². The van der Waals surface area contributed by atoms with Crippen molar-refractivity contribution in [2.24, 2.45) is 0 Å². The van der Waals surface area contributed by atoms with Crippen LogP contribution >= 0.6 is 43.5 Å². The Morgan fingerprint density at radius 2 is 1.90 bits per heavy atom. The minimum absolute atomic E-state index is 0.293. The third-order valence-corrected chi connectivity index (χ3v) is 4.74. The highest BCUT2D eigenvalue weighted by Gasteiger charge is 2.16. The van der Waals surface area contributed by atoms with Gasteiger partial charge in [0.25, 0.3) is 0 Å². The minimum Gasteiger partial charge on any atom is -0.492 e. The second kappa shape index (κ2) is 7.61. The summed E-state index contributed by atoms with van der Waals surface area (Å²) < 4.78 is 20.3. The van der Waals surface area contributed by atoms with Crippen molar-refractivity contribution in [3.63, 3.8) is 0 Å². The van der Waals surface area contributed by atoms with Crippen LogP contribution in [0.4, 0.5) is 4.39 Å². The third-order valence-electron chi connectivity index (χ3n) is 2.95. The van der Waals surface area contributed by atoms with E-state index in [4.69, 9.17) is 16.3 Å². The predicted molar refractivity (Wildman–Crippen MR) is 91.7 cm³/mol. The molecule has 21 heavy (non-hydrogen) atoms. The van der Waals surface area contributed by atoms with E-state index in [1.807, 2.05) is 18.2 Å². The van der Waals surface area contributed by atoms with Gasteiger partial charge >= 0.3 is 0 Å². The third kappa shape index (κ3) is 4.21. The van der Waals surface area contributed by atoms with Gasteiger partial charge in [0.15, 0.2) is 0 Å². The Labute approximate surface area is 145 Å². The fraction of sp³-hybridized carbons (Fsp3) is 0.250. The van der Waals surface area contributed by atoms with E-state index in [1.165, 1.54) is 12.1 Å². The molecule has 0 saturated heterocycles. The molecule has 0 bridgehead atoms. The van der Waals surface area contributed by atoms with Gasteiger partial charge in [0.1, 0.15) is 11.6 Å². The molecule has 1 nitrogen and oxygen atoms in total. The molecule has 0 spiro atoms. The van der Waals surface area contributed by atoms with Gasteiger partial charge in [-0.05, 0) is 57.7 Å². The predicted octanol–water partition coefficient (Wildman–Crippen LogP) is 6.47. The van der Waals surface area contributed by atoms with E-state index < -0.39 is 0 Å². The average Bonchev–Trinajstić information content (AvgIpc) is 2.45. The van der Waals surface area contributed by atoms with Crippen molar-refractivity contribution < 1.29 is 9.13 Å². The van der Waals surface area contributed by atoms with Crippen LogP contribution in [-0.4, -0.2) is 6.61 Å². The number of rotatable bonds is 5. The summed E-state index contributed by atoms with van der Waals surface area (Å²) in [5, 5.41) is -0.364. The topological polar surface area (TPSA) is 9.23 Å². The monoisotopic (exact) mass is 434 g/mol. The van der Waals surface area contributed by atoms with Crippen LogP contribution in [-0.2, 0) is 0 Å². The van der Waals surface area contributed by atoms with Crippen molar-refractivity contribution in [2.45, 2.75) is 18.7 Å². The highest BCUT2D eigenvalue weighted by Crippen LogP contribution is 2.37. The Balaban J connectivity index is 2.27. The average molecular weight is 437 g/mol. The minimum atomic E-state index is -0.364. The fourth-order valence-electron chi connectivity index (χ4n) is 1.89. The standard InChI is InChI=1S/C16H14Br2ClFO/c1-2-7-21-15-6-3-10(8-14(15)18)16(19)12-5-4-11(20)9-13(12)17/h3-6,8-9,16H,2,7H2,1H3. The molecule has 0 fully saturated rings. The van der Waals surface area contributed by atoms with Crippen LogP contribution in [0.25, 0.3) is 0 Å². The van der Waals surface area contributed by atoms with E-state index in [1.54, 1.807) is 6.07 Å². The van der Waals surface area contributed by atoms with Gasteiger partial charge in [-0.15, -0.1) is 11.6 Å². The molecule has 0 aliphatic rings. The summed E-state index contributed by atoms with van der Waals surface area (Å²) >= 11 is 13.3. The zero-order valence-electron chi connectivity index (χ0n) is 11.4. The summed E-state index contributed by atoms with van der Waals surface area (Å²) in [5.74, 6) is 0.502. The van der Waals surface area contributed by atoms with Crippen LogP contribution in [0.1, 0.15) is 29.8 Å². The summed E-state index contributed by atoms with van der Waals surface area (Å²) in [5.41, 5.74) is 1.74. The molecule has 2 rings (SSSR count). The molecule has 0 heterocycles. The maximum Gasteiger partial charge on any atom is 0.133 e. The lowest BCUT2D eigenvalue weighted by atomic mass is 10.0. The summed E-state index contributed by atoms with van der Waals surface area (Å²) in [4.78, 5) is 0. The van der Waals surface area contributed by atoms with E-state index in [0.717, 1.165) is 27.8 Å². The van der Waals surface area contributed by atoms with Crippen molar-refractivity contribution >= 4 is 43.5 Å². The number of hydrogen-bond donors (Lipinski definition) is 0. The van der Waals surface area contributed by atoms with E-state index in [9.17, 15) is 4.39 Å². The van der Waals surface area contributed by atoms with Gasteiger partial charge < -0.3 is 4.74 Å². The Kier molecular flexibility index (Phi) is 6.08. The molecule has 1 unspecified atom stereocenters. The number of benzene rings is 2. The number of alkyl halides is 1. The van der Waals surface area contributed by atoms with Gasteiger partial charge in [0, 0.05) is 4.47 Å². The van der Waals surface area contributed by atoms with Crippen LogP contribution in [0, 0.1) is 5.82 Å². The first-order chi connectivity index (χ1) is 10.0. The molecule has 0 radical (unpaired) electrons. The molecule has 5 heteroatoms. The second-order valence-electron chi connectivity index (χ2n) is 4.57. The molecule has 0 N–H and O–H groups in total. The van der Waals surface area contributed by atoms with Gasteiger partial charge in [-0.1, -0.05) is 35.0 Å². The van der Waals surface area contributed by atoms with Gasteiger partial charge in [-0.25, -0.2) is 4.39 Å². The van der Waals surface area contributed by atoms with Crippen LogP contribution < -0.4 is 4.74 Å². The Morgan fingerprint density at radius 1 is 1.14 bits per heavy atom. The maximum atomic E-state index is 13.2. The number of hydrogen-bond acceptors (Lipinski definition) is 1. The van der Waals surface area contributed by atoms with E-state index in [2.05, 4.69) is 38.8 Å². The molecule has 0 aliphatic carbocycles. The van der Waals surface area contributed by atoms with Crippen molar-refractivity contribution in [1.29, 1.82) is 0 Å². The molecule has 2 aromatic rings. The molecule has 0 saturated carbocycles. The van der Waals surface area contributed by atoms with Crippen LogP contribution in [0.2, 0.25) is 0 Å². The molecule has 0 amide bonds. The highest BCUT2D eigenvalue weighted by molar-refractivity contribution is 9.10. The summed E-state index contributed by atoms with van der Waals surface area (Å²) in [6.45, 7) is 2.73. The van der Waals surface area contributed by atoms with Crippen LogP contribution in [0.5, 0.6) is 5.75 Å². The number of ether oxygens (including phenoxy) is 1. The quantitative estimate of drug-likeness (QED) is 0.488. The summed E-state index contributed by atoms with van der Waals surface area (Å²) in [6.07, 6.45) is 0.953. The summed E-state index contributed by atoms with van der Waals surface area (Å²) in [7, 11) is 0. The largest absolute Gasteiger partial charge is 0.492 e. The van der Waals surface area contributed by atoms with Gasteiger partial charge in [0.05, 0.1) is 16.5 Å². The first kappa shape index (κ1) is 16.8. The van der Waals surface area contributed by atoms with Crippen LogP contribution in [0.3, 0.4) is 0 Å². The van der Waals surface area contributed by atoms with Crippen molar-refractivity contribution in [2.75, 3.05) is 6.61 Å². The highest BCUT2D eigenvalue weighted by atomic mass is 79.9. The van der Waals surface area contributed by atoms with Crippen molar-refractivity contribution in [1.82, 2.24) is 0 Å². The SMILES string of the molecule is CCCOc1ccc(C(Cl)c2ccc(F)cc2Br)cc1Br.